The Morgan fingerprint density at radius 2 is 2.00 bits per heavy atom. The van der Waals surface area contributed by atoms with Crippen molar-refractivity contribution >= 4 is 11.7 Å². The van der Waals surface area contributed by atoms with Crippen molar-refractivity contribution in [2.75, 3.05) is 18.0 Å². The van der Waals surface area contributed by atoms with Crippen LogP contribution in [0.2, 0.25) is 0 Å². The van der Waals surface area contributed by atoms with Crippen molar-refractivity contribution in [2.45, 2.75) is 57.1 Å². The molecular weight excluding hydrogens is 386 g/mol. The first-order valence-electron chi connectivity index (χ1n) is 10.5. The smallest absolute Gasteiger partial charge is 0.283 e. The summed E-state index contributed by atoms with van der Waals surface area (Å²) in [7, 11) is 0. The van der Waals surface area contributed by atoms with E-state index in [4.69, 9.17) is 10.5 Å². The lowest BCUT2D eigenvalue weighted by Gasteiger charge is -2.48. The van der Waals surface area contributed by atoms with Crippen LogP contribution < -0.4 is 10.6 Å². The van der Waals surface area contributed by atoms with Gasteiger partial charge in [-0.2, -0.15) is 0 Å². The third kappa shape index (κ3) is 3.98. The first kappa shape index (κ1) is 20.6. The Kier molecular flexibility index (Phi) is 5.38. The van der Waals surface area contributed by atoms with E-state index in [0.29, 0.717) is 24.9 Å². The number of amidine groups is 1. The maximum atomic E-state index is 14.9. The summed E-state index contributed by atoms with van der Waals surface area (Å²) in [6, 6.07) is 8.42. The molecule has 2 aliphatic rings. The molecule has 30 heavy (non-hydrogen) atoms. The minimum absolute atomic E-state index is 0.142. The molecule has 0 saturated heterocycles. The summed E-state index contributed by atoms with van der Waals surface area (Å²) in [6.07, 6.45) is 5.45. The molecule has 2 aromatic rings. The van der Waals surface area contributed by atoms with Gasteiger partial charge in [0.05, 0.1) is 11.7 Å². The van der Waals surface area contributed by atoms with Crippen LogP contribution in [0.15, 0.2) is 41.5 Å². The van der Waals surface area contributed by atoms with E-state index in [9.17, 15) is 8.78 Å². The highest BCUT2D eigenvalue weighted by Crippen LogP contribution is 2.49. The highest BCUT2D eigenvalue weighted by Gasteiger charge is 2.50. The molecule has 1 aliphatic carbocycles. The first-order chi connectivity index (χ1) is 14.3. The van der Waals surface area contributed by atoms with Crippen LogP contribution >= 0.6 is 0 Å². The zero-order chi connectivity index (χ0) is 21.4. The van der Waals surface area contributed by atoms with Crippen molar-refractivity contribution in [1.29, 1.82) is 0 Å². The molecule has 1 saturated carbocycles. The highest BCUT2D eigenvalue weighted by molar-refractivity contribution is 5.74. The average molecular weight is 415 g/mol. The Morgan fingerprint density at radius 3 is 2.63 bits per heavy atom. The average Bonchev–Trinajstić information content (AvgIpc) is 2.69. The second-order valence-electron chi connectivity index (χ2n) is 8.50. The molecule has 5 nitrogen and oxygen atoms in total. The Labute approximate surface area is 176 Å². The normalized spacial score (nSPS) is 22.2. The van der Waals surface area contributed by atoms with E-state index >= 15 is 0 Å². The third-order valence-electron chi connectivity index (χ3n) is 6.31. The summed E-state index contributed by atoms with van der Waals surface area (Å²) in [5.74, 6) is -0.631. The van der Waals surface area contributed by atoms with E-state index in [1.807, 2.05) is 13.0 Å². The SMILES string of the molecule is CCN(CCc1ccc(F)cn1)c1ccc(F)c([C@]2(C)CC3(CCC3)OC(N)=N2)c1. The fraction of sp³-hybridized carbons (Fsp3) is 0.478. The van der Waals surface area contributed by atoms with Crippen LogP contribution in [0.5, 0.6) is 0 Å². The van der Waals surface area contributed by atoms with Crippen LogP contribution in [0.25, 0.3) is 0 Å². The van der Waals surface area contributed by atoms with Crippen LogP contribution in [-0.4, -0.2) is 29.7 Å². The summed E-state index contributed by atoms with van der Waals surface area (Å²) >= 11 is 0. The van der Waals surface area contributed by atoms with Crippen LogP contribution in [0.3, 0.4) is 0 Å². The predicted molar refractivity (Wildman–Crippen MR) is 113 cm³/mol. The zero-order valence-corrected chi connectivity index (χ0v) is 17.5. The zero-order valence-electron chi connectivity index (χ0n) is 17.5. The van der Waals surface area contributed by atoms with Gasteiger partial charge in [-0.1, -0.05) is 0 Å². The van der Waals surface area contributed by atoms with E-state index < -0.39 is 5.54 Å². The molecule has 1 aromatic carbocycles. The van der Waals surface area contributed by atoms with Gasteiger partial charge < -0.3 is 15.4 Å². The van der Waals surface area contributed by atoms with E-state index in [-0.39, 0.29) is 23.3 Å². The molecule has 4 rings (SSSR count). The van der Waals surface area contributed by atoms with E-state index in [1.165, 1.54) is 18.3 Å². The van der Waals surface area contributed by atoms with E-state index in [2.05, 4.69) is 21.8 Å². The van der Waals surface area contributed by atoms with Crippen molar-refractivity contribution < 1.29 is 13.5 Å². The largest absolute Gasteiger partial charge is 0.459 e. The van der Waals surface area contributed by atoms with E-state index in [0.717, 1.165) is 37.2 Å². The molecule has 0 unspecified atom stereocenters. The number of nitrogens with zero attached hydrogens (tertiary/aromatic N) is 3. The molecule has 160 valence electrons. The van der Waals surface area contributed by atoms with Gasteiger partial charge in [-0.3, -0.25) is 4.98 Å². The summed E-state index contributed by atoms with van der Waals surface area (Å²) in [5.41, 5.74) is 7.18. The maximum Gasteiger partial charge on any atom is 0.283 e. The van der Waals surface area contributed by atoms with Gasteiger partial charge in [0.2, 0.25) is 0 Å². The lowest BCUT2D eigenvalue weighted by molar-refractivity contribution is -0.0583. The number of halogens is 2. The number of rotatable bonds is 6. The van der Waals surface area contributed by atoms with Gasteiger partial charge >= 0.3 is 0 Å². The first-order valence-corrected chi connectivity index (χ1v) is 10.5. The fourth-order valence-corrected chi connectivity index (χ4v) is 4.59. The Balaban J connectivity index is 1.58. The Bertz CT molecular complexity index is 943. The lowest BCUT2D eigenvalue weighted by Crippen LogP contribution is -2.52. The third-order valence-corrected chi connectivity index (χ3v) is 6.31. The minimum atomic E-state index is -0.763. The number of nitrogens with two attached hydrogens (primary N) is 1. The molecule has 0 bridgehead atoms. The van der Waals surface area contributed by atoms with Gasteiger partial charge in [-0.05, 0) is 63.4 Å². The summed E-state index contributed by atoms with van der Waals surface area (Å²) < 4.78 is 33.9. The van der Waals surface area contributed by atoms with Crippen LogP contribution in [0.4, 0.5) is 14.5 Å². The number of aliphatic imine (C=N–C) groups is 1. The topological polar surface area (TPSA) is 63.7 Å². The van der Waals surface area contributed by atoms with Crippen molar-refractivity contribution in [3.8, 4) is 0 Å². The standard InChI is InChI=1S/C23H28F2N4O/c1-3-29(12-9-17-6-5-16(24)14-27-17)18-7-8-20(25)19(13-18)22(2)15-23(10-4-11-23)30-21(26)28-22/h5-8,13-14H,3-4,9-12,15H2,1-2H3,(H2,26,28)/t22-/m0/s1. The van der Waals surface area contributed by atoms with Gasteiger partial charge in [0, 0.05) is 42.9 Å². The molecule has 1 aromatic heterocycles. The number of hydrogen-bond acceptors (Lipinski definition) is 5. The molecule has 2 N–H and O–H groups in total. The summed E-state index contributed by atoms with van der Waals surface area (Å²) in [5, 5.41) is 0. The van der Waals surface area contributed by atoms with Gasteiger partial charge in [-0.25, -0.2) is 13.8 Å². The van der Waals surface area contributed by atoms with Crippen molar-refractivity contribution in [2.24, 2.45) is 10.7 Å². The predicted octanol–water partition coefficient (Wildman–Crippen LogP) is 4.30. The molecule has 0 amide bonds. The highest BCUT2D eigenvalue weighted by atomic mass is 19.1. The Morgan fingerprint density at radius 1 is 1.20 bits per heavy atom. The van der Waals surface area contributed by atoms with Gasteiger partial charge in [0.25, 0.3) is 6.02 Å². The maximum absolute atomic E-state index is 14.9. The molecular formula is C23H28F2N4O. The number of pyridine rings is 1. The monoisotopic (exact) mass is 414 g/mol. The lowest BCUT2D eigenvalue weighted by atomic mass is 9.69. The molecule has 1 aliphatic heterocycles. The van der Waals surface area contributed by atoms with Gasteiger partial charge in [0.1, 0.15) is 17.2 Å². The number of hydrogen-bond donors (Lipinski definition) is 1. The second-order valence-corrected chi connectivity index (χ2v) is 8.50. The summed E-state index contributed by atoms with van der Waals surface area (Å²) in [6.45, 7) is 5.43. The fourth-order valence-electron chi connectivity index (χ4n) is 4.59. The molecule has 7 heteroatoms. The molecule has 1 spiro atoms. The number of ether oxygens (including phenoxy) is 1. The number of benzene rings is 1. The molecule has 0 radical (unpaired) electrons. The van der Waals surface area contributed by atoms with Crippen molar-refractivity contribution in [3.05, 3.63) is 59.4 Å². The molecule has 2 heterocycles. The van der Waals surface area contributed by atoms with Gasteiger partial charge in [0.15, 0.2) is 0 Å². The number of aromatic nitrogens is 1. The van der Waals surface area contributed by atoms with Crippen molar-refractivity contribution in [3.63, 3.8) is 0 Å². The van der Waals surface area contributed by atoms with Crippen LogP contribution in [-0.2, 0) is 16.7 Å². The number of likely N-dealkylation sites (N-methyl/N-ethyl adjacent to an activating group) is 1. The molecule has 1 atom stereocenters. The quantitative estimate of drug-likeness (QED) is 0.765. The minimum Gasteiger partial charge on any atom is -0.459 e. The van der Waals surface area contributed by atoms with Crippen LogP contribution in [0.1, 0.15) is 50.8 Å². The van der Waals surface area contributed by atoms with Crippen LogP contribution in [0, 0.1) is 11.6 Å². The van der Waals surface area contributed by atoms with Crippen molar-refractivity contribution in [1.82, 2.24) is 4.98 Å². The van der Waals surface area contributed by atoms with Gasteiger partial charge in [-0.15, -0.1) is 0 Å². The number of anilines is 1. The molecule has 1 fully saturated rings. The second kappa shape index (κ2) is 7.85. The van der Waals surface area contributed by atoms with E-state index in [1.54, 1.807) is 12.1 Å². The summed E-state index contributed by atoms with van der Waals surface area (Å²) in [4.78, 5) is 10.8. The Hall–Kier alpha value is -2.70.